The molecule has 4 N–H and O–H groups in total. The molecule has 0 bridgehead atoms. The fraction of sp³-hybridized carbons (Fsp3) is 0.462. The molecule has 2 unspecified atom stereocenters. The van der Waals surface area contributed by atoms with E-state index in [2.05, 4.69) is 15.0 Å². The first kappa shape index (κ1) is 14.6. The van der Waals surface area contributed by atoms with Crippen LogP contribution >= 0.6 is 0 Å². The van der Waals surface area contributed by atoms with E-state index in [1.807, 2.05) is 5.92 Å². The summed E-state index contributed by atoms with van der Waals surface area (Å²) in [7, 11) is 0. The average molecular weight is 307 g/mol. The summed E-state index contributed by atoms with van der Waals surface area (Å²) in [5.41, 5.74) is 3.56. The molecule has 8 nitrogen and oxygen atoms in total. The van der Waals surface area contributed by atoms with Crippen molar-refractivity contribution in [3.8, 4) is 12.3 Å². The van der Waals surface area contributed by atoms with Crippen molar-refractivity contribution in [3.63, 3.8) is 0 Å². The highest BCUT2D eigenvalue weighted by Crippen LogP contribution is 2.43. The summed E-state index contributed by atoms with van der Waals surface area (Å²) < 4.78 is 21.7. The van der Waals surface area contributed by atoms with Gasteiger partial charge in [-0.15, -0.1) is 6.42 Å². The van der Waals surface area contributed by atoms with Gasteiger partial charge in [-0.1, -0.05) is 5.92 Å². The Labute approximate surface area is 124 Å². The lowest BCUT2D eigenvalue weighted by Crippen LogP contribution is -2.43. The zero-order valence-electron chi connectivity index (χ0n) is 11.6. The lowest BCUT2D eigenvalue weighted by atomic mass is 9.95. The summed E-state index contributed by atoms with van der Waals surface area (Å²) in [5.74, 6) is 1.89. The van der Waals surface area contributed by atoms with Crippen LogP contribution in [-0.4, -0.2) is 53.7 Å². The van der Waals surface area contributed by atoms with E-state index in [-0.39, 0.29) is 11.6 Å². The van der Waals surface area contributed by atoms with Crippen LogP contribution in [0.1, 0.15) is 13.2 Å². The lowest BCUT2D eigenvalue weighted by Gasteiger charge is -2.23. The normalized spacial score (nSPS) is 33.0. The van der Waals surface area contributed by atoms with Crippen molar-refractivity contribution in [1.82, 2.24) is 19.5 Å². The fourth-order valence-electron chi connectivity index (χ4n) is 2.52. The van der Waals surface area contributed by atoms with Crippen molar-refractivity contribution < 1.29 is 19.3 Å². The number of nitrogen functional groups attached to an aromatic ring is 1. The number of rotatable bonds is 2. The number of aliphatic hydroxyl groups excluding tert-OH is 2. The van der Waals surface area contributed by atoms with Crippen molar-refractivity contribution in [2.75, 3.05) is 5.73 Å². The number of imidazole rings is 1. The Morgan fingerprint density at radius 2 is 2.32 bits per heavy atom. The third-order valence-corrected chi connectivity index (χ3v) is 3.67. The van der Waals surface area contributed by atoms with Crippen molar-refractivity contribution >= 4 is 17.1 Å². The Bertz CT molecular complexity index is 758. The predicted molar refractivity (Wildman–Crippen MR) is 74.0 cm³/mol. The van der Waals surface area contributed by atoms with Crippen molar-refractivity contribution in [1.29, 1.82) is 0 Å². The second kappa shape index (κ2) is 4.88. The summed E-state index contributed by atoms with van der Waals surface area (Å²) in [6.07, 6.45) is 2.52. The van der Waals surface area contributed by atoms with Crippen LogP contribution in [0.5, 0.6) is 0 Å². The first-order chi connectivity index (χ1) is 10.4. The summed E-state index contributed by atoms with van der Waals surface area (Å²) in [4.78, 5) is 11.8. The number of anilines is 1. The number of aromatic nitrogens is 4. The minimum Gasteiger partial charge on any atom is -0.391 e. The average Bonchev–Trinajstić information content (AvgIpc) is 2.99. The number of alkyl halides is 1. The van der Waals surface area contributed by atoms with Gasteiger partial charge in [0.1, 0.15) is 17.7 Å². The molecule has 1 aliphatic rings. The molecule has 0 radical (unpaired) electrons. The maximum Gasteiger partial charge on any atom is 0.243 e. The van der Waals surface area contributed by atoms with E-state index < -0.39 is 30.2 Å². The topological polar surface area (TPSA) is 119 Å². The molecule has 0 aliphatic carbocycles. The molecule has 5 atom stereocenters. The highest BCUT2D eigenvalue weighted by atomic mass is 19.1. The molecule has 2 aromatic heterocycles. The predicted octanol–water partition coefficient (Wildman–Crippen LogP) is -0.611. The van der Waals surface area contributed by atoms with Crippen LogP contribution in [0.3, 0.4) is 0 Å². The van der Waals surface area contributed by atoms with Gasteiger partial charge in [0, 0.05) is 0 Å². The molecular formula is C13H14FN5O3. The Morgan fingerprint density at radius 3 is 2.95 bits per heavy atom. The Kier molecular flexibility index (Phi) is 3.25. The maximum atomic E-state index is 15.1. The van der Waals surface area contributed by atoms with E-state index in [9.17, 15) is 10.2 Å². The number of hydrogen-bond donors (Lipinski definition) is 3. The van der Waals surface area contributed by atoms with Gasteiger partial charge in [-0.05, 0) is 6.92 Å². The molecule has 0 saturated carbocycles. The summed E-state index contributed by atoms with van der Waals surface area (Å²) in [6, 6.07) is 0. The number of nitrogens with zero attached hydrogens (tertiary/aromatic N) is 4. The molecule has 0 amide bonds. The Hall–Kier alpha value is -2.28. The maximum absolute atomic E-state index is 15.1. The Morgan fingerprint density at radius 1 is 1.59 bits per heavy atom. The van der Waals surface area contributed by atoms with Gasteiger partial charge in [-0.25, -0.2) is 14.4 Å². The summed E-state index contributed by atoms with van der Waals surface area (Å²) in [5, 5.41) is 19.7. The van der Waals surface area contributed by atoms with Crippen LogP contribution in [0, 0.1) is 12.3 Å². The van der Waals surface area contributed by atoms with Crippen LogP contribution < -0.4 is 5.73 Å². The molecule has 0 aromatic carbocycles. The first-order valence-electron chi connectivity index (χ1n) is 6.52. The summed E-state index contributed by atoms with van der Waals surface area (Å²) in [6.45, 7) is 1.37. The van der Waals surface area contributed by atoms with E-state index in [1.165, 1.54) is 24.0 Å². The van der Waals surface area contributed by atoms with Crippen molar-refractivity contribution in [3.05, 3.63) is 12.5 Å². The third kappa shape index (κ3) is 1.93. The highest BCUT2D eigenvalue weighted by molar-refractivity contribution is 5.70. The number of halogens is 1. The minimum atomic E-state index is -2.55. The van der Waals surface area contributed by atoms with Gasteiger partial charge in [0.25, 0.3) is 0 Å². The number of ether oxygens (including phenoxy) is 1. The number of terminal acetylenes is 1. The Balaban J connectivity index is 2.13. The monoisotopic (exact) mass is 307 g/mol. The summed E-state index contributed by atoms with van der Waals surface area (Å²) >= 11 is 0. The number of aliphatic hydroxyl groups is 2. The zero-order chi connectivity index (χ0) is 16.1. The second-order valence-electron chi connectivity index (χ2n) is 5.14. The van der Waals surface area contributed by atoms with Gasteiger partial charge < -0.3 is 20.7 Å². The fourth-order valence-corrected chi connectivity index (χ4v) is 2.52. The van der Waals surface area contributed by atoms with Gasteiger partial charge in [-0.2, -0.15) is 4.98 Å². The number of hydrogen-bond acceptors (Lipinski definition) is 7. The molecule has 3 rings (SSSR count). The first-order valence-corrected chi connectivity index (χ1v) is 6.52. The van der Waals surface area contributed by atoms with E-state index in [0.717, 1.165) is 0 Å². The van der Waals surface area contributed by atoms with E-state index >= 15 is 4.39 Å². The van der Waals surface area contributed by atoms with Crippen molar-refractivity contribution in [2.45, 2.75) is 37.1 Å². The molecule has 1 aliphatic heterocycles. The largest absolute Gasteiger partial charge is 0.391 e. The van der Waals surface area contributed by atoms with Gasteiger partial charge in [0.2, 0.25) is 11.6 Å². The molecule has 116 valence electrons. The molecule has 9 heteroatoms. The SMILES string of the molecule is C#C[C@@]1(F)C(O)C([C@@H](C)O)O[C@H]1n1cnc2cnc(N)nc21. The number of fused-ring (bicyclic) bond motifs is 1. The molecule has 0 spiro atoms. The lowest BCUT2D eigenvalue weighted by molar-refractivity contribution is -0.0776. The van der Waals surface area contributed by atoms with Crippen LogP contribution in [0.15, 0.2) is 12.5 Å². The molecule has 1 fully saturated rings. The quantitative estimate of drug-likeness (QED) is 0.633. The standard InChI is InChI=1S/C13H14FN5O3/c1-3-13(14)9(21)8(6(2)20)22-11(13)19-5-17-7-4-16-12(15)18-10(7)19/h1,4-6,8-9,11,20-21H,2H3,(H2,15,16,18)/t6-,8?,9?,11-,13-/m1/s1. The van der Waals surface area contributed by atoms with Crippen LogP contribution in [0.2, 0.25) is 0 Å². The van der Waals surface area contributed by atoms with Crippen LogP contribution in [0.4, 0.5) is 10.3 Å². The van der Waals surface area contributed by atoms with Crippen LogP contribution in [0.25, 0.3) is 11.2 Å². The zero-order valence-corrected chi connectivity index (χ0v) is 11.6. The van der Waals surface area contributed by atoms with E-state index in [4.69, 9.17) is 16.9 Å². The van der Waals surface area contributed by atoms with Gasteiger partial charge in [-0.3, -0.25) is 4.57 Å². The van der Waals surface area contributed by atoms with E-state index in [0.29, 0.717) is 5.52 Å². The van der Waals surface area contributed by atoms with Gasteiger partial charge in [0.05, 0.1) is 18.6 Å². The van der Waals surface area contributed by atoms with Gasteiger partial charge in [0.15, 0.2) is 11.9 Å². The molecule has 1 saturated heterocycles. The smallest absolute Gasteiger partial charge is 0.243 e. The molecule has 22 heavy (non-hydrogen) atoms. The minimum absolute atomic E-state index is 0.0231. The number of nitrogens with two attached hydrogens (primary N) is 1. The van der Waals surface area contributed by atoms with Crippen molar-refractivity contribution in [2.24, 2.45) is 0 Å². The molecule has 3 heterocycles. The second-order valence-corrected chi connectivity index (χ2v) is 5.14. The van der Waals surface area contributed by atoms with Gasteiger partial charge >= 0.3 is 0 Å². The van der Waals surface area contributed by atoms with Crippen LogP contribution in [-0.2, 0) is 4.74 Å². The molecular weight excluding hydrogens is 293 g/mol. The van der Waals surface area contributed by atoms with E-state index in [1.54, 1.807) is 0 Å². The third-order valence-electron chi connectivity index (χ3n) is 3.67. The highest BCUT2D eigenvalue weighted by Gasteiger charge is 2.59. The molecule has 2 aromatic rings.